The zero-order chi connectivity index (χ0) is 18.1. The maximum Gasteiger partial charge on any atom is 0.303 e. The topological polar surface area (TPSA) is 89.6 Å². The number of nitrogens with zero attached hydrogens (tertiary/aromatic N) is 4. The van der Waals surface area contributed by atoms with Gasteiger partial charge in [-0.3, -0.25) is 4.79 Å². The predicted octanol–water partition coefficient (Wildman–Crippen LogP) is 2.97. The summed E-state index contributed by atoms with van der Waals surface area (Å²) in [7, 11) is 1.60. The number of hydrogen-bond acceptors (Lipinski definition) is 5. The van der Waals surface area contributed by atoms with Crippen LogP contribution in [0.2, 0.25) is 0 Å². The van der Waals surface area contributed by atoms with E-state index in [1.165, 1.54) is 0 Å². The average molecular weight is 348 g/mol. The number of fused-ring (bicyclic) bond motifs is 3. The molecule has 0 atom stereocenters. The van der Waals surface area contributed by atoms with Crippen molar-refractivity contribution >= 4 is 22.5 Å². The summed E-state index contributed by atoms with van der Waals surface area (Å²) >= 11 is 0. The van der Waals surface area contributed by atoms with Gasteiger partial charge in [0.2, 0.25) is 0 Å². The van der Waals surface area contributed by atoms with E-state index in [0.717, 1.165) is 16.5 Å². The van der Waals surface area contributed by atoms with Crippen molar-refractivity contribution in [2.45, 2.75) is 12.8 Å². The van der Waals surface area contributed by atoms with Crippen molar-refractivity contribution in [1.82, 2.24) is 19.6 Å². The largest absolute Gasteiger partial charge is 0.496 e. The summed E-state index contributed by atoms with van der Waals surface area (Å²) < 4.78 is 7.04. The van der Waals surface area contributed by atoms with Gasteiger partial charge in [-0.15, -0.1) is 5.10 Å². The van der Waals surface area contributed by atoms with Crippen LogP contribution in [-0.2, 0) is 11.2 Å². The molecule has 4 aromatic rings. The number of carboxylic acid groups (broad SMARTS) is 1. The van der Waals surface area contributed by atoms with Crippen molar-refractivity contribution in [3.63, 3.8) is 0 Å². The van der Waals surface area contributed by atoms with Crippen LogP contribution >= 0.6 is 0 Å². The number of ether oxygens (including phenoxy) is 1. The van der Waals surface area contributed by atoms with Gasteiger partial charge in [0.15, 0.2) is 11.5 Å². The first kappa shape index (κ1) is 16.0. The molecule has 0 amide bonds. The summed E-state index contributed by atoms with van der Waals surface area (Å²) in [6.07, 6.45) is 0.246. The zero-order valence-corrected chi connectivity index (χ0v) is 14.1. The maximum atomic E-state index is 11.0. The average Bonchev–Trinajstić information content (AvgIpc) is 3.11. The van der Waals surface area contributed by atoms with Gasteiger partial charge < -0.3 is 9.84 Å². The predicted molar refractivity (Wildman–Crippen MR) is 96.2 cm³/mol. The molecular weight excluding hydrogens is 332 g/mol. The van der Waals surface area contributed by atoms with Gasteiger partial charge in [-0.25, -0.2) is 9.97 Å². The first-order chi connectivity index (χ1) is 12.7. The van der Waals surface area contributed by atoms with Crippen molar-refractivity contribution in [3.05, 3.63) is 54.4 Å². The first-order valence-electron chi connectivity index (χ1n) is 8.17. The van der Waals surface area contributed by atoms with Crippen molar-refractivity contribution < 1.29 is 14.6 Å². The van der Waals surface area contributed by atoms with Gasteiger partial charge in [-0.1, -0.05) is 24.3 Å². The molecule has 2 aromatic heterocycles. The summed E-state index contributed by atoms with van der Waals surface area (Å²) in [6, 6.07) is 15.1. The molecule has 2 aromatic carbocycles. The van der Waals surface area contributed by atoms with Crippen LogP contribution in [0.25, 0.3) is 27.9 Å². The van der Waals surface area contributed by atoms with Crippen LogP contribution in [0.1, 0.15) is 12.2 Å². The maximum absolute atomic E-state index is 11.0. The quantitative estimate of drug-likeness (QED) is 0.596. The van der Waals surface area contributed by atoms with Crippen molar-refractivity contribution in [2.75, 3.05) is 7.11 Å². The SMILES string of the molecule is COc1ccccc1-c1nc2c3ccccc3nc(CCC(=O)O)n2n1. The third-order valence-electron chi connectivity index (χ3n) is 4.16. The second kappa shape index (κ2) is 6.44. The molecule has 0 saturated carbocycles. The van der Waals surface area contributed by atoms with E-state index in [9.17, 15) is 4.79 Å². The van der Waals surface area contributed by atoms with Crippen LogP contribution in [-0.4, -0.2) is 37.8 Å². The molecule has 0 radical (unpaired) electrons. The van der Waals surface area contributed by atoms with Crippen LogP contribution in [0.3, 0.4) is 0 Å². The van der Waals surface area contributed by atoms with Crippen molar-refractivity contribution in [2.24, 2.45) is 0 Å². The standard InChI is InChI=1S/C19H16N4O3/c1-26-15-9-5-3-7-13(15)18-21-19-12-6-2-4-8-14(12)20-16(23(19)22-18)10-11-17(24)25/h2-9H,10-11H2,1H3,(H,24,25). The lowest BCUT2D eigenvalue weighted by Crippen LogP contribution is -2.07. The van der Waals surface area contributed by atoms with E-state index in [-0.39, 0.29) is 12.8 Å². The molecule has 26 heavy (non-hydrogen) atoms. The minimum Gasteiger partial charge on any atom is -0.496 e. The third kappa shape index (κ3) is 2.73. The molecule has 0 aliphatic heterocycles. The Morgan fingerprint density at radius 1 is 1.12 bits per heavy atom. The Balaban J connectivity index is 1.96. The molecule has 0 fully saturated rings. The molecule has 7 heteroatoms. The van der Waals surface area contributed by atoms with E-state index >= 15 is 0 Å². The lowest BCUT2D eigenvalue weighted by molar-refractivity contribution is -0.137. The van der Waals surface area contributed by atoms with Gasteiger partial charge in [0.1, 0.15) is 11.6 Å². The zero-order valence-electron chi connectivity index (χ0n) is 14.1. The van der Waals surface area contributed by atoms with Crippen LogP contribution < -0.4 is 4.74 Å². The summed E-state index contributed by atoms with van der Waals surface area (Å²) in [6.45, 7) is 0. The van der Waals surface area contributed by atoms with Gasteiger partial charge in [-0.2, -0.15) is 4.52 Å². The van der Waals surface area contributed by atoms with Crippen LogP contribution in [0.5, 0.6) is 5.75 Å². The fourth-order valence-corrected chi connectivity index (χ4v) is 2.94. The minimum absolute atomic E-state index is 0.0235. The van der Waals surface area contributed by atoms with Crippen LogP contribution in [0, 0.1) is 0 Å². The van der Waals surface area contributed by atoms with E-state index < -0.39 is 5.97 Å². The summed E-state index contributed by atoms with van der Waals surface area (Å²) in [5, 5.41) is 14.5. The number of aliphatic carboxylic acids is 1. The molecule has 0 bridgehead atoms. The van der Waals surface area contributed by atoms with Gasteiger partial charge in [0.05, 0.1) is 24.6 Å². The second-order valence-corrected chi connectivity index (χ2v) is 5.81. The molecule has 2 heterocycles. The molecule has 130 valence electrons. The second-order valence-electron chi connectivity index (χ2n) is 5.81. The Hall–Kier alpha value is -3.48. The molecule has 0 aliphatic rings. The fraction of sp³-hybridized carbons (Fsp3) is 0.158. The van der Waals surface area contributed by atoms with E-state index in [1.54, 1.807) is 11.6 Å². The highest BCUT2D eigenvalue weighted by atomic mass is 16.5. The Kier molecular flexibility index (Phi) is 3.96. The molecule has 0 spiro atoms. The van der Waals surface area contributed by atoms with Gasteiger partial charge in [0, 0.05) is 11.8 Å². The molecule has 7 nitrogen and oxygen atoms in total. The lowest BCUT2D eigenvalue weighted by Gasteiger charge is -2.05. The number of carboxylic acids is 1. The summed E-state index contributed by atoms with van der Waals surface area (Å²) in [4.78, 5) is 20.3. The molecule has 0 unspecified atom stereocenters. The molecule has 0 saturated heterocycles. The fourth-order valence-electron chi connectivity index (χ4n) is 2.94. The number of rotatable bonds is 5. The molecule has 0 aliphatic carbocycles. The first-order valence-corrected chi connectivity index (χ1v) is 8.17. The smallest absolute Gasteiger partial charge is 0.303 e. The van der Waals surface area contributed by atoms with Crippen molar-refractivity contribution in [3.8, 4) is 17.1 Å². The molecule has 1 N–H and O–H groups in total. The number of benzene rings is 2. The normalized spacial score (nSPS) is 11.1. The molecule has 4 rings (SSSR count). The minimum atomic E-state index is -0.877. The highest BCUT2D eigenvalue weighted by Crippen LogP contribution is 2.29. The Morgan fingerprint density at radius 3 is 2.69 bits per heavy atom. The van der Waals surface area contributed by atoms with E-state index in [4.69, 9.17) is 14.8 Å². The van der Waals surface area contributed by atoms with E-state index in [2.05, 4.69) is 10.1 Å². The lowest BCUT2D eigenvalue weighted by atomic mass is 10.2. The number of aromatic nitrogens is 4. The Labute approximate surface area is 148 Å². The van der Waals surface area contributed by atoms with Gasteiger partial charge in [-0.05, 0) is 24.3 Å². The number of hydrogen-bond donors (Lipinski definition) is 1. The summed E-state index contributed by atoms with van der Waals surface area (Å²) in [5.41, 5.74) is 2.18. The number of carbonyl (C=O) groups is 1. The number of para-hydroxylation sites is 2. The monoisotopic (exact) mass is 348 g/mol. The van der Waals surface area contributed by atoms with Crippen LogP contribution in [0.4, 0.5) is 0 Å². The van der Waals surface area contributed by atoms with E-state index in [1.807, 2.05) is 48.5 Å². The highest BCUT2D eigenvalue weighted by Gasteiger charge is 2.17. The Bertz CT molecular complexity index is 1120. The number of aryl methyl sites for hydroxylation is 1. The van der Waals surface area contributed by atoms with E-state index in [0.29, 0.717) is 23.0 Å². The van der Waals surface area contributed by atoms with Crippen LogP contribution in [0.15, 0.2) is 48.5 Å². The Morgan fingerprint density at radius 2 is 1.88 bits per heavy atom. The summed E-state index contributed by atoms with van der Waals surface area (Å²) in [5.74, 6) is 0.873. The highest BCUT2D eigenvalue weighted by molar-refractivity contribution is 5.92. The molecular formula is C19H16N4O3. The third-order valence-corrected chi connectivity index (χ3v) is 4.16. The van der Waals surface area contributed by atoms with Gasteiger partial charge in [0.25, 0.3) is 0 Å². The van der Waals surface area contributed by atoms with Crippen molar-refractivity contribution in [1.29, 1.82) is 0 Å². The number of methoxy groups -OCH3 is 1. The van der Waals surface area contributed by atoms with Gasteiger partial charge >= 0.3 is 5.97 Å².